The van der Waals surface area contributed by atoms with Gasteiger partial charge in [-0.3, -0.25) is 0 Å². The van der Waals surface area contributed by atoms with Crippen LogP contribution in [0, 0.1) is 0 Å². The molecule has 0 saturated heterocycles. The van der Waals surface area contributed by atoms with Crippen molar-refractivity contribution < 1.29 is 0 Å². The molecule has 12 aromatic rings. The molecule has 0 fully saturated rings. The van der Waals surface area contributed by atoms with Crippen molar-refractivity contribution in [3.05, 3.63) is 261 Å². The molecule has 1 heterocycles. The van der Waals surface area contributed by atoms with E-state index in [1.54, 1.807) is 0 Å². The van der Waals surface area contributed by atoms with Gasteiger partial charge >= 0.3 is 0 Å². The largest absolute Gasteiger partial charge is 0.310 e. The van der Waals surface area contributed by atoms with Crippen LogP contribution in [-0.2, 0) is 0 Å². The van der Waals surface area contributed by atoms with Crippen molar-refractivity contribution >= 4 is 59.3 Å². The highest BCUT2D eigenvalue weighted by Crippen LogP contribution is 2.43. The van der Waals surface area contributed by atoms with E-state index in [2.05, 4.69) is 266 Å². The molecule has 66 heavy (non-hydrogen) atoms. The van der Waals surface area contributed by atoms with Crippen molar-refractivity contribution in [1.82, 2.24) is 0 Å². The second-order valence-electron chi connectivity index (χ2n) is 16.9. The molecule has 0 aliphatic rings. The first kappa shape index (κ1) is 39.3. The Kier molecular flexibility index (Phi) is 10.1. The van der Waals surface area contributed by atoms with E-state index >= 15 is 0 Å². The summed E-state index contributed by atoms with van der Waals surface area (Å²) in [6.07, 6.45) is 0. The van der Waals surface area contributed by atoms with E-state index in [4.69, 9.17) is 0 Å². The topological polar surface area (TPSA) is 3.24 Å². The Balaban J connectivity index is 0.961. The Hall–Kier alpha value is -8.30. The zero-order valence-electron chi connectivity index (χ0n) is 36.2. The van der Waals surface area contributed by atoms with Crippen LogP contribution in [0.2, 0.25) is 0 Å². The van der Waals surface area contributed by atoms with Gasteiger partial charge in [0.2, 0.25) is 0 Å². The van der Waals surface area contributed by atoms with E-state index < -0.39 is 0 Å². The van der Waals surface area contributed by atoms with Crippen LogP contribution in [0.25, 0.3) is 97.7 Å². The smallest absolute Gasteiger partial charge is 0.0467 e. The summed E-state index contributed by atoms with van der Waals surface area (Å²) in [4.78, 5) is 2.39. The van der Waals surface area contributed by atoms with E-state index in [0.29, 0.717) is 0 Å². The van der Waals surface area contributed by atoms with Gasteiger partial charge in [-0.25, -0.2) is 0 Å². The molecule has 0 atom stereocenters. The number of hydrogen-bond acceptors (Lipinski definition) is 2. The van der Waals surface area contributed by atoms with Crippen molar-refractivity contribution in [2.75, 3.05) is 4.90 Å². The highest BCUT2D eigenvalue weighted by molar-refractivity contribution is 7.25. The number of rotatable bonds is 9. The molecule has 0 spiro atoms. The zero-order valence-corrected chi connectivity index (χ0v) is 37.0. The Labute approximate surface area is 389 Å². The normalized spacial score (nSPS) is 11.3. The quantitative estimate of drug-likeness (QED) is 0.140. The first-order chi connectivity index (χ1) is 32.7. The number of hydrogen-bond donors (Lipinski definition) is 0. The monoisotopic (exact) mass is 857 g/mol. The van der Waals surface area contributed by atoms with Gasteiger partial charge in [0.15, 0.2) is 0 Å². The summed E-state index contributed by atoms with van der Waals surface area (Å²) in [7, 11) is 0. The number of thiophene rings is 1. The minimum atomic E-state index is 1.08. The predicted molar refractivity (Wildman–Crippen MR) is 284 cm³/mol. The van der Waals surface area contributed by atoms with Crippen LogP contribution in [-0.4, -0.2) is 0 Å². The molecule has 0 unspecified atom stereocenters. The molecule has 310 valence electrons. The molecule has 11 aromatic carbocycles. The molecule has 0 bridgehead atoms. The van der Waals surface area contributed by atoms with Crippen LogP contribution in [0.1, 0.15) is 0 Å². The average Bonchev–Trinajstić information content (AvgIpc) is 3.79. The van der Waals surface area contributed by atoms with Crippen molar-refractivity contribution in [1.29, 1.82) is 0 Å². The molecule has 2 heteroatoms. The Bertz CT molecular complexity index is 3620. The molecular weight excluding hydrogens is 815 g/mol. The maximum Gasteiger partial charge on any atom is 0.0467 e. The van der Waals surface area contributed by atoms with Gasteiger partial charge < -0.3 is 4.90 Å². The van der Waals surface area contributed by atoms with Crippen molar-refractivity contribution in [3.63, 3.8) is 0 Å². The van der Waals surface area contributed by atoms with E-state index in [0.717, 1.165) is 22.6 Å². The number of anilines is 3. The summed E-state index contributed by atoms with van der Waals surface area (Å²) in [5.74, 6) is 0. The lowest BCUT2D eigenvalue weighted by molar-refractivity contribution is 1.28. The second kappa shape index (κ2) is 17.0. The number of nitrogens with zero attached hydrogens (tertiary/aromatic N) is 1. The Morgan fingerprint density at radius 2 is 0.697 bits per heavy atom. The summed E-state index contributed by atoms with van der Waals surface area (Å²) < 4.78 is 2.63. The zero-order chi connectivity index (χ0) is 43.8. The predicted octanol–water partition coefficient (Wildman–Crippen LogP) is 18.7. The second-order valence-corrected chi connectivity index (χ2v) is 18.0. The first-order valence-corrected chi connectivity index (χ1v) is 23.4. The third-order valence-electron chi connectivity index (χ3n) is 12.8. The highest BCUT2D eigenvalue weighted by Gasteiger charge is 2.17. The summed E-state index contributed by atoms with van der Waals surface area (Å²) in [6, 6.07) is 95.2. The lowest BCUT2D eigenvalue weighted by Crippen LogP contribution is -2.10. The minimum Gasteiger partial charge on any atom is -0.310 e. The summed E-state index contributed by atoms with van der Waals surface area (Å²) in [5.41, 5.74) is 17.7. The van der Waals surface area contributed by atoms with Crippen molar-refractivity contribution in [2.45, 2.75) is 0 Å². The summed E-state index contributed by atoms with van der Waals surface area (Å²) in [5, 5.41) is 5.14. The number of fused-ring (bicyclic) bond motifs is 4. The standard InChI is InChI=1S/C64H43NS/c1-3-15-44(16-4-1)52-40-53(45-17-5-2-6-18-45)42-54(41-52)46-31-35-55(36-32-46)65(56-37-33-48(34-38-56)60-28-14-30-63-64(60)61-26-9-10-29-62(61)66-63)57-24-12-22-50(43-57)49-21-11-23-51(39-49)59-27-13-20-47-19-7-8-25-58(47)59/h1-43H. The van der Waals surface area contributed by atoms with E-state index in [1.165, 1.54) is 92.1 Å². The molecular formula is C64H43NS. The summed E-state index contributed by atoms with van der Waals surface area (Å²) >= 11 is 1.86. The van der Waals surface area contributed by atoms with Crippen molar-refractivity contribution in [3.8, 4) is 66.8 Å². The fraction of sp³-hybridized carbons (Fsp3) is 0. The van der Waals surface area contributed by atoms with E-state index in [9.17, 15) is 0 Å². The number of benzene rings is 11. The van der Waals surface area contributed by atoms with Gasteiger partial charge in [-0.2, -0.15) is 0 Å². The SMILES string of the molecule is c1ccc(-c2cc(-c3ccccc3)cc(-c3ccc(N(c4ccc(-c5cccc6sc7ccccc7c56)cc4)c4cccc(-c5cccc(-c6cccc7ccccc67)c5)c4)cc3)c2)cc1. The summed E-state index contributed by atoms with van der Waals surface area (Å²) in [6.45, 7) is 0. The third-order valence-corrected chi connectivity index (χ3v) is 14.0. The van der Waals surface area contributed by atoms with E-state index in [1.807, 2.05) is 11.3 Å². The molecule has 0 aliphatic heterocycles. The van der Waals surface area contributed by atoms with Gasteiger partial charge in [-0.1, -0.05) is 188 Å². The van der Waals surface area contributed by atoms with Crippen LogP contribution in [0.5, 0.6) is 0 Å². The molecule has 0 aliphatic carbocycles. The van der Waals surface area contributed by atoms with Crippen LogP contribution in [0.4, 0.5) is 17.1 Å². The maximum absolute atomic E-state index is 2.39. The van der Waals surface area contributed by atoms with Gasteiger partial charge in [-0.05, 0) is 150 Å². The van der Waals surface area contributed by atoms with Gasteiger partial charge in [-0.15, -0.1) is 11.3 Å². The maximum atomic E-state index is 2.39. The van der Waals surface area contributed by atoms with E-state index in [-0.39, 0.29) is 0 Å². The van der Waals surface area contributed by atoms with Crippen molar-refractivity contribution in [2.24, 2.45) is 0 Å². The fourth-order valence-corrected chi connectivity index (χ4v) is 10.7. The Morgan fingerprint density at radius 1 is 0.242 bits per heavy atom. The molecule has 0 N–H and O–H groups in total. The average molecular weight is 858 g/mol. The van der Waals surface area contributed by atoms with Crippen LogP contribution < -0.4 is 4.90 Å². The first-order valence-electron chi connectivity index (χ1n) is 22.6. The molecule has 0 saturated carbocycles. The third kappa shape index (κ3) is 7.44. The lowest BCUT2D eigenvalue weighted by atomic mass is 9.93. The van der Waals surface area contributed by atoms with Crippen LogP contribution >= 0.6 is 11.3 Å². The molecule has 0 radical (unpaired) electrons. The van der Waals surface area contributed by atoms with Gasteiger partial charge in [0.05, 0.1) is 0 Å². The molecule has 1 aromatic heterocycles. The molecule has 1 nitrogen and oxygen atoms in total. The fourth-order valence-electron chi connectivity index (χ4n) is 9.61. The molecule has 12 rings (SSSR count). The molecule has 0 amide bonds. The lowest BCUT2D eigenvalue weighted by Gasteiger charge is -2.26. The highest BCUT2D eigenvalue weighted by atomic mass is 32.1. The minimum absolute atomic E-state index is 1.08. The van der Waals surface area contributed by atoms with Gasteiger partial charge in [0.25, 0.3) is 0 Å². The Morgan fingerprint density at radius 3 is 1.39 bits per heavy atom. The van der Waals surface area contributed by atoms with Crippen LogP contribution in [0.15, 0.2) is 261 Å². The van der Waals surface area contributed by atoms with Gasteiger partial charge in [0, 0.05) is 37.2 Å². The van der Waals surface area contributed by atoms with Gasteiger partial charge in [0.1, 0.15) is 0 Å². The van der Waals surface area contributed by atoms with Crippen LogP contribution in [0.3, 0.4) is 0 Å².